The summed E-state index contributed by atoms with van der Waals surface area (Å²) in [6.45, 7) is 0. The number of hydrogen-bond donors (Lipinski definition) is 1. The Morgan fingerprint density at radius 3 is 2.40 bits per heavy atom. The summed E-state index contributed by atoms with van der Waals surface area (Å²) in [4.78, 5) is 11.5. The van der Waals surface area contributed by atoms with E-state index in [4.69, 9.17) is 0 Å². The molecule has 4 rings (SSSR count). The van der Waals surface area contributed by atoms with Crippen LogP contribution in [0.2, 0.25) is 0 Å². The van der Waals surface area contributed by atoms with Gasteiger partial charge in [-0.1, -0.05) is 18.2 Å². The van der Waals surface area contributed by atoms with Crippen molar-refractivity contribution in [3.8, 4) is 0 Å². The molecule has 0 atom stereocenters. The van der Waals surface area contributed by atoms with Gasteiger partial charge in [0, 0.05) is 34.9 Å². The maximum Gasteiger partial charge on any atom is 0.340 e. The van der Waals surface area contributed by atoms with Gasteiger partial charge in [0.15, 0.2) is 0 Å². The monoisotopic (exact) mass is 430 g/mol. The molecule has 0 radical (unpaired) electrons. The number of nitrogens with zero attached hydrogens (tertiary/aromatic N) is 1. The maximum atomic E-state index is 14.2. The number of anilines is 1. The molecule has 0 spiro atoms. The normalized spacial score (nSPS) is 11.7. The van der Waals surface area contributed by atoms with Gasteiger partial charge in [0.1, 0.15) is 11.6 Å². The highest BCUT2D eigenvalue weighted by Crippen LogP contribution is 2.31. The smallest absolute Gasteiger partial charge is 0.340 e. The lowest BCUT2D eigenvalue weighted by Gasteiger charge is -2.11. The van der Waals surface area contributed by atoms with Crippen molar-refractivity contribution in [1.29, 1.82) is 0 Å². The van der Waals surface area contributed by atoms with Crippen LogP contribution in [-0.4, -0.2) is 26.1 Å². The summed E-state index contributed by atoms with van der Waals surface area (Å²) in [5.74, 6) is -3.36. The minimum absolute atomic E-state index is 0.102. The highest BCUT2D eigenvalue weighted by molar-refractivity contribution is 7.92. The summed E-state index contributed by atoms with van der Waals surface area (Å²) >= 11 is 0. The molecule has 1 aromatic heterocycles. The van der Waals surface area contributed by atoms with Gasteiger partial charge in [0.2, 0.25) is 0 Å². The summed E-state index contributed by atoms with van der Waals surface area (Å²) in [5, 5.41) is 1.58. The van der Waals surface area contributed by atoms with Gasteiger partial charge in [-0.05, 0) is 30.3 Å². The minimum Gasteiger partial charge on any atom is -0.465 e. The van der Waals surface area contributed by atoms with Crippen LogP contribution in [0.3, 0.4) is 0 Å². The first kappa shape index (κ1) is 19.8. The minimum atomic E-state index is -4.22. The van der Waals surface area contributed by atoms with E-state index in [2.05, 4.69) is 9.46 Å². The number of aromatic nitrogens is 1. The van der Waals surface area contributed by atoms with Crippen molar-refractivity contribution < 1.29 is 26.7 Å². The summed E-state index contributed by atoms with van der Waals surface area (Å²) in [6, 6.07) is 13.3. The van der Waals surface area contributed by atoms with E-state index in [0.717, 1.165) is 29.6 Å². The molecule has 0 saturated carbocycles. The zero-order chi connectivity index (χ0) is 21.6. The quantitative estimate of drug-likeness (QED) is 0.493. The predicted molar refractivity (Wildman–Crippen MR) is 109 cm³/mol. The molecule has 0 aliphatic heterocycles. The standard InChI is InChI=1S/C21H16F2N2O4S/c1-25-19-6-4-3-5-13(19)14-9-12(7-8-20(14)25)30(27,28)24-18-10-15(21(26)29-2)16(22)11-17(18)23/h3-11,24H,1-2H3. The van der Waals surface area contributed by atoms with Crippen LogP contribution in [0.15, 0.2) is 59.5 Å². The molecule has 0 bridgehead atoms. The van der Waals surface area contributed by atoms with Crippen LogP contribution in [0, 0.1) is 11.6 Å². The first-order valence-electron chi connectivity index (χ1n) is 8.80. The Hall–Kier alpha value is -3.46. The molecule has 1 heterocycles. The third kappa shape index (κ3) is 3.17. The average molecular weight is 430 g/mol. The van der Waals surface area contributed by atoms with E-state index in [1.807, 2.05) is 35.9 Å². The Balaban J connectivity index is 1.80. The third-order valence-electron chi connectivity index (χ3n) is 4.90. The summed E-state index contributed by atoms with van der Waals surface area (Å²) in [5.41, 5.74) is 0.620. The number of carbonyl (C=O) groups is 1. The summed E-state index contributed by atoms with van der Waals surface area (Å²) in [6.07, 6.45) is 0. The van der Waals surface area contributed by atoms with Crippen LogP contribution in [0.1, 0.15) is 10.4 Å². The largest absolute Gasteiger partial charge is 0.465 e. The number of carbonyl (C=O) groups excluding carboxylic acids is 1. The molecule has 9 heteroatoms. The van der Waals surface area contributed by atoms with E-state index in [0.29, 0.717) is 11.5 Å². The second-order valence-corrected chi connectivity index (χ2v) is 8.35. The zero-order valence-electron chi connectivity index (χ0n) is 15.9. The van der Waals surface area contributed by atoms with E-state index in [1.54, 1.807) is 6.07 Å². The van der Waals surface area contributed by atoms with Gasteiger partial charge in [-0.15, -0.1) is 0 Å². The van der Waals surface area contributed by atoms with E-state index < -0.39 is 38.9 Å². The van der Waals surface area contributed by atoms with Gasteiger partial charge in [0.25, 0.3) is 10.0 Å². The molecule has 0 unspecified atom stereocenters. The molecule has 4 aromatic rings. The van der Waals surface area contributed by atoms with E-state index in [9.17, 15) is 22.0 Å². The molecule has 0 saturated heterocycles. The van der Waals surface area contributed by atoms with Crippen LogP contribution in [0.5, 0.6) is 0 Å². The number of benzene rings is 3. The van der Waals surface area contributed by atoms with Crippen molar-refractivity contribution in [2.75, 3.05) is 11.8 Å². The number of fused-ring (bicyclic) bond motifs is 3. The van der Waals surface area contributed by atoms with Crippen LogP contribution in [0.25, 0.3) is 21.8 Å². The maximum absolute atomic E-state index is 14.2. The Kier molecular flexibility index (Phi) is 4.70. The summed E-state index contributed by atoms with van der Waals surface area (Å²) < 4.78 is 62.2. The highest BCUT2D eigenvalue weighted by atomic mass is 32.2. The lowest BCUT2D eigenvalue weighted by atomic mass is 10.1. The molecule has 1 N–H and O–H groups in total. The fraction of sp³-hybridized carbons (Fsp3) is 0.0952. The van der Waals surface area contributed by atoms with Gasteiger partial charge in [0.05, 0.1) is 23.3 Å². The van der Waals surface area contributed by atoms with Gasteiger partial charge in [-0.25, -0.2) is 22.0 Å². The molecule has 0 aliphatic carbocycles. The number of halogens is 2. The molecule has 0 fully saturated rings. The lowest BCUT2D eigenvalue weighted by molar-refractivity contribution is 0.0595. The van der Waals surface area contributed by atoms with Crippen molar-refractivity contribution in [2.24, 2.45) is 7.05 Å². The zero-order valence-corrected chi connectivity index (χ0v) is 16.8. The Labute approximate surface area is 170 Å². The van der Waals surface area contributed by atoms with E-state index in [1.165, 1.54) is 12.1 Å². The van der Waals surface area contributed by atoms with Crippen LogP contribution in [-0.2, 0) is 21.8 Å². The molecule has 154 valence electrons. The second kappa shape index (κ2) is 7.10. The Morgan fingerprint density at radius 1 is 0.967 bits per heavy atom. The van der Waals surface area contributed by atoms with Gasteiger partial charge < -0.3 is 9.30 Å². The van der Waals surface area contributed by atoms with Crippen molar-refractivity contribution >= 4 is 43.5 Å². The molecule has 0 amide bonds. The molecule has 3 aromatic carbocycles. The lowest BCUT2D eigenvalue weighted by Crippen LogP contribution is -2.15. The number of nitrogens with one attached hydrogen (secondary N) is 1. The van der Waals surface area contributed by atoms with E-state index in [-0.39, 0.29) is 4.90 Å². The van der Waals surface area contributed by atoms with Crippen molar-refractivity contribution in [1.82, 2.24) is 4.57 Å². The first-order chi connectivity index (χ1) is 14.2. The van der Waals surface area contributed by atoms with Crippen molar-refractivity contribution in [2.45, 2.75) is 4.90 Å². The topological polar surface area (TPSA) is 77.4 Å². The average Bonchev–Trinajstić information content (AvgIpc) is 3.01. The number of rotatable bonds is 4. The highest BCUT2D eigenvalue weighted by Gasteiger charge is 2.22. The number of methoxy groups -OCH3 is 1. The number of aryl methyl sites for hydroxylation is 1. The second-order valence-electron chi connectivity index (χ2n) is 6.66. The predicted octanol–water partition coefficient (Wildman–Crippen LogP) is 4.20. The Bertz CT molecular complexity index is 1430. The summed E-state index contributed by atoms with van der Waals surface area (Å²) in [7, 11) is -1.31. The van der Waals surface area contributed by atoms with Crippen molar-refractivity contribution in [3.63, 3.8) is 0 Å². The molecule has 6 nitrogen and oxygen atoms in total. The fourth-order valence-electron chi connectivity index (χ4n) is 3.41. The van der Waals surface area contributed by atoms with Crippen LogP contribution in [0.4, 0.5) is 14.5 Å². The molecular formula is C21H16F2N2O4S. The number of esters is 1. The number of hydrogen-bond acceptors (Lipinski definition) is 4. The number of sulfonamides is 1. The van der Waals surface area contributed by atoms with E-state index >= 15 is 0 Å². The fourth-order valence-corrected chi connectivity index (χ4v) is 4.50. The number of para-hydroxylation sites is 1. The van der Waals surface area contributed by atoms with Crippen LogP contribution >= 0.6 is 0 Å². The molecule has 0 aliphatic rings. The van der Waals surface area contributed by atoms with Gasteiger partial charge in [-0.3, -0.25) is 4.72 Å². The van der Waals surface area contributed by atoms with Gasteiger partial charge >= 0.3 is 5.97 Å². The molecule has 30 heavy (non-hydrogen) atoms. The van der Waals surface area contributed by atoms with Crippen LogP contribution < -0.4 is 4.72 Å². The third-order valence-corrected chi connectivity index (χ3v) is 6.26. The Morgan fingerprint density at radius 2 is 1.67 bits per heavy atom. The molecular weight excluding hydrogens is 414 g/mol. The first-order valence-corrected chi connectivity index (χ1v) is 10.3. The SMILES string of the molecule is COC(=O)c1cc(NS(=O)(=O)c2ccc3c(c2)c2ccccc2n3C)c(F)cc1F. The number of ether oxygens (including phenoxy) is 1. The van der Waals surface area contributed by atoms with Crippen molar-refractivity contribution in [3.05, 3.63) is 71.8 Å². The van der Waals surface area contributed by atoms with Gasteiger partial charge in [-0.2, -0.15) is 0 Å².